The third-order valence-electron chi connectivity index (χ3n) is 4.83. The van der Waals surface area contributed by atoms with Gasteiger partial charge in [-0.3, -0.25) is 0 Å². The molecule has 1 fully saturated rings. The molecule has 1 N–H and O–H groups in total. The van der Waals surface area contributed by atoms with Gasteiger partial charge in [0.25, 0.3) is 0 Å². The number of hydrogen-bond acceptors (Lipinski definition) is 4. The molecule has 2 aromatic carbocycles. The predicted octanol–water partition coefficient (Wildman–Crippen LogP) is 4.59. The van der Waals surface area contributed by atoms with Gasteiger partial charge in [-0.2, -0.15) is 4.68 Å². The summed E-state index contributed by atoms with van der Waals surface area (Å²) >= 11 is 6.02. The van der Waals surface area contributed by atoms with Gasteiger partial charge in [0.05, 0.1) is 11.2 Å². The maximum atomic E-state index is 6.02. The van der Waals surface area contributed by atoms with Crippen molar-refractivity contribution in [3.63, 3.8) is 0 Å². The average molecular weight is 354 g/mol. The first kappa shape index (κ1) is 16.1. The molecule has 1 heterocycles. The number of anilines is 1. The van der Waals surface area contributed by atoms with Crippen LogP contribution in [-0.4, -0.2) is 20.2 Å². The SMILES string of the molecule is Clc1ccc(-n2nnnc2C2(Nc3ccccc3)CCCCC2)cc1. The molecule has 0 radical (unpaired) electrons. The maximum absolute atomic E-state index is 6.02. The molecule has 0 spiro atoms. The molecular weight excluding hydrogens is 334 g/mol. The van der Waals surface area contributed by atoms with Crippen LogP contribution >= 0.6 is 11.6 Å². The molecular formula is C19H20ClN5. The smallest absolute Gasteiger partial charge is 0.181 e. The van der Waals surface area contributed by atoms with Gasteiger partial charge in [-0.05, 0) is 59.7 Å². The van der Waals surface area contributed by atoms with Crippen LogP contribution in [-0.2, 0) is 5.54 Å². The largest absolute Gasteiger partial charge is 0.373 e. The van der Waals surface area contributed by atoms with E-state index < -0.39 is 0 Å². The summed E-state index contributed by atoms with van der Waals surface area (Å²) in [5.41, 5.74) is 1.75. The maximum Gasteiger partial charge on any atom is 0.181 e. The monoisotopic (exact) mass is 353 g/mol. The van der Waals surface area contributed by atoms with Crippen LogP contribution < -0.4 is 5.32 Å². The minimum Gasteiger partial charge on any atom is -0.373 e. The summed E-state index contributed by atoms with van der Waals surface area (Å²) in [5, 5.41) is 17.1. The molecule has 0 aliphatic heterocycles. The number of aromatic nitrogens is 4. The molecule has 0 saturated heterocycles. The highest BCUT2D eigenvalue weighted by Gasteiger charge is 2.39. The Bertz CT molecular complexity index is 823. The van der Waals surface area contributed by atoms with Crippen LogP contribution in [0.5, 0.6) is 0 Å². The molecule has 1 saturated carbocycles. The van der Waals surface area contributed by atoms with Gasteiger partial charge in [0.15, 0.2) is 5.82 Å². The van der Waals surface area contributed by atoms with Crippen LogP contribution in [0.4, 0.5) is 5.69 Å². The standard InChI is InChI=1S/C19H20ClN5/c20-15-9-11-17(12-10-15)25-18(22-23-24-25)19(13-5-2-6-14-19)21-16-7-3-1-4-8-16/h1,3-4,7-12,21H,2,5-6,13-14H2. The summed E-state index contributed by atoms with van der Waals surface area (Å²) in [6.07, 6.45) is 5.59. The van der Waals surface area contributed by atoms with E-state index in [-0.39, 0.29) is 5.54 Å². The predicted molar refractivity (Wildman–Crippen MR) is 99.0 cm³/mol. The van der Waals surface area contributed by atoms with Crippen molar-refractivity contribution in [3.05, 3.63) is 65.4 Å². The molecule has 3 aromatic rings. The number of nitrogens with one attached hydrogen (secondary N) is 1. The van der Waals surface area contributed by atoms with Crippen LogP contribution in [0.25, 0.3) is 5.69 Å². The lowest BCUT2D eigenvalue weighted by atomic mass is 9.80. The van der Waals surface area contributed by atoms with E-state index in [0.29, 0.717) is 5.02 Å². The topological polar surface area (TPSA) is 55.6 Å². The molecule has 128 valence electrons. The van der Waals surface area contributed by atoms with Crippen molar-refractivity contribution in [2.75, 3.05) is 5.32 Å². The number of benzene rings is 2. The van der Waals surface area contributed by atoms with Gasteiger partial charge in [0.2, 0.25) is 0 Å². The summed E-state index contributed by atoms with van der Waals surface area (Å²) in [6, 6.07) is 17.9. The molecule has 1 aromatic heterocycles. The Balaban J connectivity index is 1.76. The molecule has 0 unspecified atom stereocenters. The van der Waals surface area contributed by atoms with Crippen molar-refractivity contribution in [1.29, 1.82) is 0 Å². The van der Waals surface area contributed by atoms with Crippen LogP contribution in [0.1, 0.15) is 37.9 Å². The van der Waals surface area contributed by atoms with E-state index in [1.165, 1.54) is 6.42 Å². The Morgan fingerprint density at radius 1 is 0.920 bits per heavy atom. The van der Waals surface area contributed by atoms with E-state index in [2.05, 4.69) is 33.0 Å². The van der Waals surface area contributed by atoms with E-state index in [0.717, 1.165) is 42.9 Å². The summed E-state index contributed by atoms with van der Waals surface area (Å²) in [5.74, 6) is 0.860. The highest BCUT2D eigenvalue weighted by atomic mass is 35.5. The van der Waals surface area contributed by atoms with Crippen molar-refractivity contribution < 1.29 is 0 Å². The van der Waals surface area contributed by atoms with E-state index in [4.69, 9.17) is 11.6 Å². The number of rotatable bonds is 4. The Kier molecular flexibility index (Phi) is 4.40. The minimum atomic E-state index is -0.261. The van der Waals surface area contributed by atoms with Gasteiger partial charge < -0.3 is 5.32 Å². The molecule has 0 amide bonds. The van der Waals surface area contributed by atoms with E-state index >= 15 is 0 Å². The molecule has 0 atom stereocenters. The Morgan fingerprint density at radius 2 is 1.64 bits per heavy atom. The zero-order chi connectivity index (χ0) is 17.1. The van der Waals surface area contributed by atoms with E-state index in [9.17, 15) is 0 Å². The van der Waals surface area contributed by atoms with E-state index in [1.807, 2.05) is 47.1 Å². The second-order valence-corrected chi connectivity index (χ2v) is 6.96. The average Bonchev–Trinajstić information content (AvgIpc) is 3.14. The lowest BCUT2D eigenvalue weighted by Gasteiger charge is -2.37. The zero-order valence-corrected chi connectivity index (χ0v) is 14.7. The molecule has 4 rings (SSSR count). The normalized spacial score (nSPS) is 16.5. The fourth-order valence-corrected chi connectivity index (χ4v) is 3.73. The highest BCUT2D eigenvalue weighted by Crippen LogP contribution is 2.39. The zero-order valence-electron chi connectivity index (χ0n) is 13.9. The minimum absolute atomic E-state index is 0.261. The summed E-state index contributed by atoms with van der Waals surface area (Å²) in [4.78, 5) is 0. The van der Waals surface area contributed by atoms with Crippen LogP contribution in [0.2, 0.25) is 5.02 Å². The molecule has 1 aliphatic carbocycles. The Morgan fingerprint density at radius 3 is 2.36 bits per heavy atom. The van der Waals surface area contributed by atoms with Crippen LogP contribution in [0, 0.1) is 0 Å². The summed E-state index contributed by atoms with van der Waals surface area (Å²) in [7, 11) is 0. The number of para-hydroxylation sites is 1. The quantitative estimate of drug-likeness (QED) is 0.745. The number of halogens is 1. The fourth-order valence-electron chi connectivity index (χ4n) is 3.60. The highest BCUT2D eigenvalue weighted by molar-refractivity contribution is 6.30. The van der Waals surface area contributed by atoms with Gasteiger partial charge in [-0.1, -0.05) is 49.1 Å². The fraction of sp³-hybridized carbons (Fsp3) is 0.316. The van der Waals surface area contributed by atoms with Crippen molar-refractivity contribution in [3.8, 4) is 5.69 Å². The molecule has 25 heavy (non-hydrogen) atoms. The third kappa shape index (κ3) is 3.24. The van der Waals surface area contributed by atoms with Crippen LogP contribution in [0.15, 0.2) is 54.6 Å². The van der Waals surface area contributed by atoms with E-state index in [1.54, 1.807) is 0 Å². The second-order valence-electron chi connectivity index (χ2n) is 6.52. The lowest BCUT2D eigenvalue weighted by molar-refractivity contribution is 0.309. The van der Waals surface area contributed by atoms with Gasteiger partial charge in [0.1, 0.15) is 0 Å². The van der Waals surface area contributed by atoms with Crippen molar-refractivity contribution in [2.45, 2.75) is 37.6 Å². The third-order valence-corrected chi connectivity index (χ3v) is 5.09. The van der Waals surface area contributed by atoms with Gasteiger partial charge in [-0.25, -0.2) is 0 Å². The first-order valence-electron chi connectivity index (χ1n) is 8.65. The van der Waals surface area contributed by atoms with Gasteiger partial charge in [0, 0.05) is 10.7 Å². The molecule has 1 aliphatic rings. The number of nitrogens with zero attached hydrogens (tertiary/aromatic N) is 4. The number of hydrogen-bond donors (Lipinski definition) is 1. The van der Waals surface area contributed by atoms with Gasteiger partial charge in [-0.15, -0.1) is 5.10 Å². The van der Waals surface area contributed by atoms with Gasteiger partial charge >= 0.3 is 0 Å². The van der Waals surface area contributed by atoms with Crippen molar-refractivity contribution in [2.24, 2.45) is 0 Å². The first-order chi connectivity index (χ1) is 12.3. The Hall–Kier alpha value is -2.40. The Labute approximate surface area is 152 Å². The number of tetrazole rings is 1. The summed E-state index contributed by atoms with van der Waals surface area (Å²) < 4.78 is 1.83. The summed E-state index contributed by atoms with van der Waals surface area (Å²) in [6.45, 7) is 0. The molecule has 0 bridgehead atoms. The molecule has 6 heteroatoms. The lowest BCUT2D eigenvalue weighted by Crippen LogP contribution is -2.40. The van der Waals surface area contributed by atoms with Crippen molar-refractivity contribution in [1.82, 2.24) is 20.2 Å². The first-order valence-corrected chi connectivity index (χ1v) is 9.03. The van der Waals surface area contributed by atoms with Crippen LogP contribution in [0.3, 0.4) is 0 Å². The molecule has 5 nitrogen and oxygen atoms in total. The second kappa shape index (κ2) is 6.84. The van der Waals surface area contributed by atoms with Crippen molar-refractivity contribution >= 4 is 17.3 Å².